The molecule has 2 aromatic carbocycles. The van der Waals surface area contributed by atoms with Crippen LogP contribution < -0.4 is 15.5 Å². The second-order valence-corrected chi connectivity index (χ2v) is 10.7. The number of anilines is 2. The Kier molecular flexibility index (Phi) is 9.97. The van der Waals surface area contributed by atoms with E-state index in [0.29, 0.717) is 12.1 Å². The fourth-order valence-electron chi connectivity index (χ4n) is 5.29. The molecule has 0 bridgehead atoms. The summed E-state index contributed by atoms with van der Waals surface area (Å²) in [5, 5.41) is 8.51. The quantitative estimate of drug-likeness (QED) is 0.252. The van der Waals surface area contributed by atoms with Crippen molar-refractivity contribution in [2.75, 3.05) is 24.3 Å². The Morgan fingerprint density at radius 1 is 0.778 bits per heavy atom. The molecule has 1 aromatic heterocycles. The number of hydrogen-bond acceptors (Lipinski definition) is 5. The van der Waals surface area contributed by atoms with Gasteiger partial charge in [-0.15, -0.1) is 0 Å². The number of nitrogens with zero attached hydrogens (tertiary/aromatic N) is 3. The summed E-state index contributed by atoms with van der Waals surface area (Å²) in [6.07, 6.45) is 14.0. The summed E-state index contributed by atoms with van der Waals surface area (Å²) < 4.78 is 0. The SMILES string of the molecule is CCCCCCCCc1ccc(CNC2CCC(Nc3nc(N(C)C)c4ccccc4n3)CC2)cc1. The van der Waals surface area contributed by atoms with E-state index in [1.54, 1.807) is 0 Å². The van der Waals surface area contributed by atoms with E-state index in [1.165, 1.54) is 68.9 Å². The van der Waals surface area contributed by atoms with E-state index >= 15 is 0 Å². The molecule has 1 heterocycles. The van der Waals surface area contributed by atoms with Crippen molar-refractivity contribution >= 4 is 22.7 Å². The molecule has 0 unspecified atom stereocenters. The lowest BCUT2D eigenvalue weighted by Crippen LogP contribution is -2.37. The predicted octanol–water partition coefficient (Wildman–Crippen LogP) is 7.11. The highest BCUT2D eigenvalue weighted by Crippen LogP contribution is 2.26. The molecular formula is C31H45N5. The maximum atomic E-state index is 4.82. The molecule has 2 N–H and O–H groups in total. The molecule has 0 aliphatic heterocycles. The van der Waals surface area contributed by atoms with Crippen molar-refractivity contribution in [2.45, 2.75) is 96.2 Å². The molecule has 5 heteroatoms. The molecule has 1 aliphatic rings. The highest BCUT2D eigenvalue weighted by molar-refractivity contribution is 5.90. The standard InChI is InChI=1S/C31H45N5/c1-4-5-6-7-8-9-12-24-15-17-25(18-16-24)23-32-26-19-21-27(22-20-26)33-31-34-29-14-11-10-13-28(29)30(35-31)36(2)3/h10-11,13-18,26-27,32H,4-9,12,19-23H2,1-3H3,(H,33,34,35). The molecule has 4 rings (SSSR count). The molecule has 0 saturated heterocycles. The fourth-order valence-corrected chi connectivity index (χ4v) is 5.29. The summed E-state index contributed by atoms with van der Waals surface area (Å²) in [6, 6.07) is 18.5. The number of para-hydroxylation sites is 1. The lowest BCUT2D eigenvalue weighted by Gasteiger charge is -2.30. The second kappa shape index (κ2) is 13.6. The number of nitrogens with one attached hydrogen (secondary N) is 2. The number of aromatic nitrogens is 2. The number of aryl methyl sites for hydroxylation is 1. The first kappa shape index (κ1) is 26.4. The van der Waals surface area contributed by atoms with Crippen molar-refractivity contribution in [3.63, 3.8) is 0 Å². The van der Waals surface area contributed by atoms with Gasteiger partial charge in [-0.05, 0) is 61.8 Å². The average Bonchev–Trinajstić information content (AvgIpc) is 2.90. The van der Waals surface area contributed by atoms with Crippen LogP contribution in [0.1, 0.15) is 82.3 Å². The van der Waals surface area contributed by atoms with Gasteiger partial charge in [0.15, 0.2) is 0 Å². The van der Waals surface area contributed by atoms with Gasteiger partial charge in [0.25, 0.3) is 0 Å². The topological polar surface area (TPSA) is 53.1 Å². The number of benzene rings is 2. The third-order valence-electron chi connectivity index (χ3n) is 7.50. The minimum atomic E-state index is 0.431. The van der Waals surface area contributed by atoms with Gasteiger partial charge in [-0.3, -0.25) is 0 Å². The van der Waals surface area contributed by atoms with Gasteiger partial charge in [0.1, 0.15) is 5.82 Å². The third-order valence-corrected chi connectivity index (χ3v) is 7.50. The highest BCUT2D eigenvalue weighted by Gasteiger charge is 2.22. The Bertz CT molecular complexity index is 1050. The Balaban J connectivity index is 1.19. The van der Waals surface area contributed by atoms with Crippen molar-refractivity contribution in [3.05, 3.63) is 59.7 Å². The van der Waals surface area contributed by atoms with Crippen molar-refractivity contribution in [3.8, 4) is 0 Å². The second-order valence-electron chi connectivity index (χ2n) is 10.7. The van der Waals surface area contributed by atoms with E-state index in [9.17, 15) is 0 Å². The number of fused-ring (bicyclic) bond motifs is 1. The van der Waals surface area contributed by atoms with Crippen molar-refractivity contribution in [1.29, 1.82) is 0 Å². The summed E-state index contributed by atoms with van der Waals surface area (Å²) in [5.41, 5.74) is 3.86. The van der Waals surface area contributed by atoms with Gasteiger partial charge in [0, 0.05) is 38.1 Å². The van der Waals surface area contributed by atoms with E-state index in [4.69, 9.17) is 9.97 Å². The van der Waals surface area contributed by atoms with E-state index in [-0.39, 0.29) is 0 Å². The van der Waals surface area contributed by atoms with E-state index < -0.39 is 0 Å². The molecule has 1 saturated carbocycles. The molecule has 0 radical (unpaired) electrons. The zero-order chi connectivity index (χ0) is 25.2. The first-order valence-corrected chi connectivity index (χ1v) is 14.1. The highest BCUT2D eigenvalue weighted by atomic mass is 15.2. The van der Waals surface area contributed by atoms with Gasteiger partial charge in [-0.1, -0.05) is 75.4 Å². The van der Waals surface area contributed by atoms with Crippen LogP contribution in [0.4, 0.5) is 11.8 Å². The zero-order valence-electron chi connectivity index (χ0n) is 22.6. The maximum absolute atomic E-state index is 4.82. The van der Waals surface area contributed by atoms with Crippen molar-refractivity contribution < 1.29 is 0 Å². The van der Waals surface area contributed by atoms with Gasteiger partial charge in [0.2, 0.25) is 5.95 Å². The smallest absolute Gasteiger partial charge is 0.225 e. The van der Waals surface area contributed by atoms with Crippen molar-refractivity contribution in [1.82, 2.24) is 15.3 Å². The van der Waals surface area contributed by atoms with Crippen LogP contribution in [0, 0.1) is 0 Å². The first-order chi connectivity index (χ1) is 17.6. The Morgan fingerprint density at radius 2 is 1.44 bits per heavy atom. The normalized spacial score (nSPS) is 17.9. The van der Waals surface area contributed by atoms with Gasteiger partial charge in [-0.25, -0.2) is 4.98 Å². The summed E-state index contributed by atoms with van der Waals surface area (Å²) in [7, 11) is 4.08. The predicted molar refractivity (Wildman–Crippen MR) is 154 cm³/mol. The summed E-state index contributed by atoms with van der Waals surface area (Å²) >= 11 is 0. The minimum absolute atomic E-state index is 0.431. The van der Waals surface area contributed by atoms with E-state index in [2.05, 4.69) is 58.9 Å². The lowest BCUT2D eigenvalue weighted by molar-refractivity contribution is 0.352. The van der Waals surface area contributed by atoms with E-state index in [0.717, 1.165) is 42.1 Å². The third kappa shape index (κ3) is 7.67. The molecule has 3 aromatic rings. The number of hydrogen-bond donors (Lipinski definition) is 2. The zero-order valence-corrected chi connectivity index (χ0v) is 22.6. The van der Waals surface area contributed by atoms with Crippen LogP contribution in [0.3, 0.4) is 0 Å². The molecule has 0 amide bonds. The largest absolute Gasteiger partial charge is 0.362 e. The summed E-state index contributed by atoms with van der Waals surface area (Å²) in [5.74, 6) is 1.71. The van der Waals surface area contributed by atoms with Crippen LogP contribution in [0.15, 0.2) is 48.5 Å². The van der Waals surface area contributed by atoms with Crippen LogP contribution in [0.5, 0.6) is 0 Å². The minimum Gasteiger partial charge on any atom is -0.362 e. The van der Waals surface area contributed by atoms with E-state index in [1.807, 2.05) is 26.2 Å². The fraction of sp³-hybridized carbons (Fsp3) is 0.548. The van der Waals surface area contributed by atoms with Gasteiger partial charge in [0.05, 0.1) is 5.52 Å². The monoisotopic (exact) mass is 487 g/mol. The van der Waals surface area contributed by atoms with Crippen LogP contribution >= 0.6 is 0 Å². The summed E-state index contributed by atoms with van der Waals surface area (Å²) in [6.45, 7) is 3.24. The van der Waals surface area contributed by atoms with Crippen LogP contribution in [-0.4, -0.2) is 36.1 Å². The van der Waals surface area contributed by atoms with Crippen LogP contribution in [-0.2, 0) is 13.0 Å². The Labute approximate surface area is 218 Å². The van der Waals surface area contributed by atoms with Gasteiger partial charge >= 0.3 is 0 Å². The molecule has 0 spiro atoms. The maximum Gasteiger partial charge on any atom is 0.225 e. The molecular weight excluding hydrogens is 442 g/mol. The average molecular weight is 488 g/mol. The molecule has 194 valence electrons. The molecule has 1 fully saturated rings. The van der Waals surface area contributed by atoms with Gasteiger partial charge < -0.3 is 15.5 Å². The molecule has 5 nitrogen and oxygen atoms in total. The molecule has 36 heavy (non-hydrogen) atoms. The van der Waals surface area contributed by atoms with Crippen LogP contribution in [0.2, 0.25) is 0 Å². The van der Waals surface area contributed by atoms with Crippen molar-refractivity contribution in [2.24, 2.45) is 0 Å². The Morgan fingerprint density at radius 3 is 2.19 bits per heavy atom. The number of rotatable bonds is 13. The Hall–Kier alpha value is -2.66. The summed E-state index contributed by atoms with van der Waals surface area (Å²) in [4.78, 5) is 11.7. The number of unbranched alkanes of at least 4 members (excludes halogenated alkanes) is 5. The first-order valence-electron chi connectivity index (χ1n) is 14.1. The molecule has 0 atom stereocenters. The lowest BCUT2D eigenvalue weighted by atomic mass is 9.91. The molecule has 1 aliphatic carbocycles. The van der Waals surface area contributed by atoms with Gasteiger partial charge in [-0.2, -0.15) is 4.98 Å². The van der Waals surface area contributed by atoms with Crippen LogP contribution in [0.25, 0.3) is 10.9 Å².